The van der Waals surface area contributed by atoms with Crippen molar-refractivity contribution in [2.24, 2.45) is 5.73 Å². The van der Waals surface area contributed by atoms with Gasteiger partial charge in [0, 0.05) is 7.05 Å². The number of nitrogens with one attached hydrogen (secondary N) is 1. The summed E-state index contributed by atoms with van der Waals surface area (Å²) in [7, 11) is 1.44. The fraction of sp³-hybridized carbons (Fsp3) is 0.500. The number of aliphatic carboxylic acids is 1. The Kier molecular flexibility index (Phi) is 14.2. The molecule has 0 atom stereocenters. The molecule has 0 aromatic rings. The molecule has 7 heteroatoms. The standard InChI is InChI=1S/C4H9N3O2.2Na.2H/c1-7(4(5)6)2-3(8)9;;;;/h2H2,1H3,(H3,5,6)(H,8,9);;;;. The Morgan fingerprint density at radius 3 is 2.09 bits per heavy atom. The second-order valence-corrected chi connectivity index (χ2v) is 1.64. The van der Waals surface area contributed by atoms with Gasteiger partial charge in [0.1, 0.15) is 6.54 Å². The van der Waals surface area contributed by atoms with Crippen LogP contribution < -0.4 is 5.73 Å². The van der Waals surface area contributed by atoms with E-state index in [0.29, 0.717) is 0 Å². The average Bonchev–Trinajstić information content (AvgIpc) is 1.63. The summed E-state index contributed by atoms with van der Waals surface area (Å²) in [6, 6.07) is 0. The van der Waals surface area contributed by atoms with Gasteiger partial charge in [0.2, 0.25) is 0 Å². The number of nitrogens with two attached hydrogens (primary N) is 1. The molecule has 0 aromatic heterocycles. The number of likely N-dealkylation sites (N-methyl/N-ethyl adjacent to an activating group) is 1. The van der Waals surface area contributed by atoms with Gasteiger partial charge in [0.05, 0.1) is 0 Å². The van der Waals surface area contributed by atoms with E-state index >= 15 is 0 Å². The second kappa shape index (κ2) is 8.83. The van der Waals surface area contributed by atoms with E-state index in [4.69, 9.17) is 16.2 Å². The molecule has 4 N–H and O–H groups in total. The van der Waals surface area contributed by atoms with Crippen LogP contribution >= 0.6 is 0 Å². The van der Waals surface area contributed by atoms with Crippen molar-refractivity contribution in [2.45, 2.75) is 0 Å². The van der Waals surface area contributed by atoms with E-state index in [0.717, 1.165) is 4.90 Å². The average molecular weight is 179 g/mol. The van der Waals surface area contributed by atoms with Crippen molar-refractivity contribution in [1.82, 2.24) is 4.90 Å². The molecular formula is C4H11N3Na2O2. The summed E-state index contributed by atoms with van der Waals surface area (Å²) >= 11 is 0. The van der Waals surface area contributed by atoms with Gasteiger partial charge in [0.25, 0.3) is 0 Å². The Morgan fingerprint density at radius 2 is 2.00 bits per heavy atom. The quantitative estimate of drug-likeness (QED) is 0.250. The third-order valence-corrected chi connectivity index (χ3v) is 0.784. The molecule has 11 heavy (non-hydrogen) atoms. The van der Waals surface area contributed by atoms with E-state index in [1.807, 2.05) is 0 Å². The first-order valence-electron chi connectivity index (χ1n) is 2.31. The third-order valence-electron chi connectivity index (χ3n) is 0.784. The van der Waals surface area contributed by atoms with Crippen molar-refractivity contribution in [3.05, 3.63) is 0 Å². The summed E-state index contributed by atoms with van der Waals surface area (Å²) in [4.78, 5) is 11.0. The number of carboxylic acids is 1. The van der Waals surface area contributed by atoms with Gasteiger partial charge < -0.3 is 15.7 Å². The molecule has 0 saturated carbocycles. The first-order chi connectivity index (χ1) is 4.04. The van der Waals surface area contributed by atoms with Crippen LogP contribution in [0.3, 0.4) is 0 Å². The van der Waals surface area contributed by atoms with Gasteiger partial charge in [-0.15, -0.1) is 0 Å². The molecule has 0 aliphatic carbocycles. The predicted molar refractivity (Wildman–Crippen MR) is 46.5 cm³/mol. The molecule has 0 bridgehead atoms. The molecule has 0 unspecified atom stereocenters. The molecule has 0 aromatic carbocycles. The van der Waals surface area contributed by atoms with Gasteiger partial charge >= 0.3 is 65.1 Å². The molecule has 0 fully saturated rings. The summed E-state index contributed by atoms with van der Waals surface area (Å²) < 4.78 is 0. The van der Waals surface area contributed by atoms with Crippen molar-refractivity contribution in [3.8, 4) is 0 Å². The molecule has 0 saturated heterocycles. The summed E-state index contributed by atoms with van der Waals surface area (Å²) in [5.74, 6) is -1.23. The van der Waals surface area contributed by atoms with E-state index in [-0.39, 0.29) is 71.6 Å². The Balaban J connectivity index is -0.000000320. The fourth-order valence-corrected chi connectivity index (χ4v) is 0.288. The Morgan fingerprint density at radius 1 is 1.64 bits per heavy atom. The monoisotopic (exact) mass is 179 g/mol. The second-order valence-electron chi connectivity index (χ2n) is 1.64. The molecule has 0 spiro atoms. The van der Waals surface area contributed by atoms with Gasteiger partial charge in [-0.1, -0.05) is 0 Å². The number of hydrogen-bond donors (Lipinski definition) is 3. The summed E-state index contributed by atoms with van der Waals surface area (Å²) in [6.45, 7) is -0.227. The molecule has 0 aliphatic heterocycles. The summed E-state index contributed by atoms with van der Waals surface area (Å²) in [5, 5.41) is 14.9. The van der Waals surface area contributed by atoms with E-state index < -0.39 is 5.97 Å². The van der Waals surface area contributed by atoms with Crippen LogP contribution in [0, 0.1) is 5.41 Å². The number of guanidine groups is 1. The SMILES string of the molecule is CN(CC(=O)O)C(=N)N.[NaH].[NaH]. The van der Waals surface area contributed by atoms with Crippen LogP contribution in [-0.2, 0) is 4.79 Å². The van der Waals surface area contributed by atoms with Crippen LogP contribution in [0.2, 0.25) is 0 Å². The van der Waals surface area contributed by atoms with Gasteiger partial charge in [-0.25, -0.2) is 0 Å². The van der Waals surface area contributed by atoms with Gasteiger partial charge in [-0.05, 0) is 0 Å². The number of nitrogens with zero attached hydrogens (tertiary/aromatic N) is 1. The molecule has 0 aliphatic rings. The molecule has 5 nitrogen and oxygen atoms in total. The van der Waals surface area contributed by atoms with Crippen molar-refractivity contribution >= 4 is 71.0 Å². The number of carbonyl (C=O) groups is 1. The van der Waals surface area contributed by atoms with E-state index in [2.05, 4.69) is 0 Å². The maximum absolute atomic E-state index is 9.92. The Bertz CT molecular complexity index is 141. The van der Waals surface area contributed by atoms with Crippen LogP contribution in [0.25, 0.3) is 0 Å². The Labute approximate surface area is 109 Å². The predicted octanol–water partition coefficient (Wildman–Crippen LogP) is -2.40. The summed E-state index contributed by atoms with van der Waals surface area (Å²) in [5.41, 5.74) is 4.93. The van der Waals surface area contributed by atoms with Crippen LogP contribution in [0.1, 0.15) is 0 Å². The minimum absolute atomic E-state index is 0. The van der Waals surface area contributed by atoms with Crippen LogP contribution in [0.15, 0.2) is 0 Å². The number of hydrogen-bond acceptors (Lipinski definition) is 2. The normalized spacial score (nSPS) is 7.00. The van der Waals surface area contributed by atoms with Crippen molar-refractivity contribution in [3.63, 3.8) is 0 Å². The van der Waals surface area contributed by atoms with Gasteiger partial charge in [-0.2, -0.15) is 0 Å². The zero-order valence-electron chi connectivity index (χ0n) is 5.09. The van der Waals surface area contributed by atoms with E-state index in [1.54, 1.807) is 0 Å². The van der Waals surface area contributed by atoms with Gasteiger partial charge in [0.15, 0.2) is 5.96 Å². The molecule has 0 amide bonds. The first kappa shape index (κ1) is 17.7. The molecule has 0 rings (SSSR count). The molecule has 0 heterocycles. The van der Waals surface area contributed by atoms with Crippen molar-refractivity contribution in [1.29, 1.82) is 5.41 Å². The van der Waals surface area contributed by atoms with Crippen LogP contribution in [-0.4, -0.2) is 94.6 Å². The zero-order chi connectivity index (χ0) is 7.44. The first-order valence-corrected chi connectivity index (χ1v) is 2.31. The fourth-order valence-electron chi connectivity index (χ4n) is 0.288. The third kappa shape index (κ3) is 10.7. The minimum atomic E-state index is -0.993. The number of rotatable bonds is 2. The number of carboxylic acid groups (broad SMARTS) is 1. The van der Waals surface area contributed by atoms with Crippen LogP contribution in [0.4, 0.5) is 0 Å². The summed E-state index contributed by atoms with van der Waals surface area (Å²) in [6.07, 6.45) is 0. The maximum atomic E-state index is 9.92. The van der Waals surface area contributed by atoms with Crippen molar-refractivity contribution < 1.29 is 9.90 Å². The topological polar surface area (TPSA) is 90.4 Å². The van der Waals surface area contributed by atoms with E-state index in [1.165, 1.54) is 7.05 Å². The Hall–Kier alpha value is 0.740. The van der Waals surface area contributed by atoms with Gasteiger partial charge in [-0.3, -0.25) is 10.2 Å². The van der Waals surface area contributed by atoms with E-state index in [9.17, 15) is 4.79 Å². The zero-order valence-corrected chi connectivity index (χ0v) is 5.09. The molecule has 56 valence electrons. The molecular weight excluding hydrogens is 168 g/mol. The van der Waals surface area contributed by atoms with Crippen LogP contribution in [0.5, 0.6) is 0 Å². The molecule has 0 radical (unpaired) electrons. The van der Waals surface area contributed by atoms with Crippen molar-refractivity contribution in [2.75, 3.05) is 13.6 Å².